The molecule has 0 aliphatic rings. The van der Waals surface area contributed by atoms with Gasteiger partial charge in [0.25, 0.3) is 11.6 Å². The summed E-state index contributed by atoms with van der Waals surface area (Å²) in [6.07, 6.45) is 1.43. The zero-order valence-corrected chi connectivity index (χ0v) is 18.3. The van der Waals surface area contributed by atoms with Crippen LogP contribution in [0.5, 0.6) is 0 Å². The van der Waals surface area contributed by atoms with Crippen LogP contribution in [0.3, 0.4) is 0 Å². The second-order valence-electron chi connectivity index (χ2n) is 7.38. The van der Waals surface area contributed by atoms with Crippen LogP contribution in [0, 0.1) is 15.9 Å². The lowest BCUT2D eigenvalue weighted by Crippen LogP contribution is -2.25. The highest BCUT2D eigenvalue weighted by Crippen LogP contribution is 2.31. The molecule has 0 fully saturated rings. The van der Waals surface area contributed by atoms with Crippen molar-refractivity contribution < 1.29 is 14.1 Å². The number of non-ortho nitro benzene ring substituents is 1. The number of hydrogen-bond donors (Lipinski definition) is 0. The van der Waals surface area contributed by atoms with E-state index in [1.165, 1.54) is 42.6 Å². The van der Waals surface area contributed by atoms with Gasteiger partial charge in [0.1, 0.15) is 5.82 Å². The standard InChI is InChI=1S/C25H15FN4O3S/c26-20-9-12-22-23(14-20)34-25(28-22)29(27-15-16-5-10-21(11-6-16)30(32)33)24(31)19-8-7-17-3-1-2-4-18(17)13-19/h1-15H/b27-15+. The third kappa shape index (κ3) is 4.24. The lowest BCUT2D eigenvalue weighted by molar-refractivity contribution is -0.384. The maximum Gasteiger partial charge on any atom is 0.280 e. The molecule has 0 aliphatic heterocycles. The van der Waals surface area contributed by atoms with Gasteiger partial charge >= 0.3 is 0 Å². The fourth-order valence-electron chi connectivity index (χ4n) is 3.42. The van der Waals surface area contributed by atoms with Crippen LogP contribution < -0.4 is 5.01 Å². The molecule has 0 aliphatic carbocycles. The Morgan fingerprint density at radius 1 is 1.00 bits per heavy atom. The number of hydrazone groups is 1. The number of anilines is 1. The number of hydrogen-bond acceptors (Lipinski definition) is 6. The van der Waals surface area contributed by atoms with Gasteiger partial charge in [0.15, 0.2) is 0 Å². The van der Waals surface area contributed by atoms with Gasteiger partial charge in [-0.1, -0.05) is 41.7 Å². The smallest absolute Gasteiger partial charge is 0.267 e. The molecule has 0 saturated carbocycles. The summed E-state index contributed by atoms with van der Waals surface area (Å²) in [5.41, 5.74) is 1.47. The maximum absolute atomic E-state index is 13.7. The van der Waals surface area contributed by atoms with Gasteiger partial charge in [0, 0.05) is 17.7 Å². The molecule has 34 heavy (non-hydrogen) atoms. The number of aromatic nitrogens is 1. The fourth-order valence-corrected chi connectivity index (χ4v) is 4.36. The van der Waals surface area contributed by atoms with E-state index in [1.807, 2.05) is 30.3 Å². The summed E-state index contributed by atoms with van der Waals surface area (Å²) in [7, 11) is 0. The highest BCUT2D eigenvalue weighted by atomic mass is 32.1. The molecule has 0 bridgehead atoms. The minimum atomic E-state index is -0.489. The summed E-state index contributed by atoms with van der Waals surface area (Å²) in [6, 6.07) is 23.0. The van der Waals surface area contributed by atoms with Crippen LogP contribution in [0.1, 0.15) is 15.9 Å². The molecule has 166 valence electrons. The van der Waals surface area contributed by atoms with Crippen molar-refractivity contribution >= 4 is 55.3 Å². The van der Waals surface area contributed by atoms with E-state index in [0.717, 1.165) is 27.1 Å². The van der Waals surface area contributed by atoms with Gasteiger partial charge in [-0.25, -0.2) is 9.37 Å². The zero-order chi connectivity index (χ0) is 23.7. The molecular weight excluding hydrogens is 455 g/mol. The SMILES string of the molecule is O=C(c1ccc2ccccc2c1)N(/N=C/c1ccc([N+](=O)[O-])cc1)c1nc2ccc(F)cc2s1. The predicted molar refractivity (Wildman–Crippen MR) is 131 cm³/mol. The molecule has 0 atom stereocenters. The van der Waals surface area contributed by atoms with E-state index in [0.29, 0.717) is 21.3 Å². The van der Waals surface area contributed by atoms with Crippen LogP contribution in [0.15, 0.2) is 90.0 Å². The summed E-state index contributed by atoms with van der Waals surface area (Å²) >= 11 is 1.14. The Labute approximate surface area is 196 Å². The van der Waals surface area contributed by atoms with E-state index in [4.69, 9.17) is 0 Å². The average Bonchev–Trinajstić information content (AvgIpc) is 3.26. The van der Waals surface area contributed by atoms with Gasteiger partial charge in [-0.3, -0.25) is 14.9 Å². The minimum absolute atomic E-state index is 0.0468. The first-order valence-electron chi connectivity index (χ1n) is 10.2. The molecule has 1 heterocycles. The first kappa shape index (κ1) is 21.4. The van der Waals surface area contributed by atoms with Crippen molar-refractivity contribution in [1.82, 2.24) is 4.98 Å². The summed E-state index contributed by atoms with van der Waals surface area (Å²) < 4.78 is 14.3. The first-order chi connectivity index (χ1) is 16.5. The number of carbonyl (C=O) groups excluding carboxylic acids is 1. The van der Waals surface area contributed by atoms with Crippen molar-refractivity contribution in [2.24, 2.45) is 5.10 Å². The molecule has 0 spiro atoms. The molecule has 9 heteroatoms. The molecule has 0 N–H and O–H groups in total. The molecule has 5 aromatic rings. The number of nitro groups is 1. The third-order valence-electron chi connectivity index (χ3n) is 5.14. The lowest BCUT2D eigenvalue weighted by Gasteiger charge is -2.14. The van der Waals surface area contributed by atoms with Crippen molar-refractivity contribution in [2.45, 2.75) is 0 Å². The maximum atomic E-state index is 13.7. The van der Waals surface area contributed by atoms with E-state index in [2.05, 4.69) is 10.1 Å². The quantitative estimate of drug-likeness (QED) is 0.174. The van der Waals surface area contributed by atoms with E-state index < -0.39 is 16.6 Å². The Balaban J connectivity index is 1.56. The van der Waals surface area contributed by atoms with Crippen molar-refractivity contribution in [3.05, 3.63) is 112 Å². The van der Waals surface area contributed by atoms with E-state index >= 15 is 0 Å². The van der Waals surface area contributed by atoms with Crippen molar-refractivity contribution in [1.29, 1.82) is 0 Å². The highest BCUT2D eigenvalue weighted by molar-refractivity contribution is 7.22. The summed E-state index contributed by atoms with van der Waals surface area (Å²) in [6.45, 7) is 0. The van der Waals surface area contributed by atoms with E-state index in [9.17, 15) is 19.3 Å². The van der Waals surface area contributed by atoms with Gasteiger partial charge in [-0.15, -0.1) is 0 Å². The Kier molecular flexibility index (Phi) is 5.52. The second kappa shape index (κ2) is 8.80. The van der Waals surface area contributed by atoms with Crippen LogP contribution in [-0.4, -0.2) is 22.0 Å². The van der Waals surface area contributed by atoms with Crippen LogP contribution in [0.25, 0.3) is 21.0 Å². The van der Waals surface area contributed by atoms with Crippen LogP contribution >= 0.6 is 11.3 Å². The molecular formula is C25H15FN4O3S. The number of carbonyl (C=O) groups is 1. The molecule has 1 aromatic heterocycles. The van der Waals surface area contributed by atoms with Gasteiger partial charge in [-0.05, 0) is 58.8 Å². The summed E-state index contributed by atoms with van der Waals surface area (Å²) in [5.74, 6) is -0.812. The van der Waals surface area contributed by atoms with Crippen LogP contribution in [-0.2, 0) is 0 Å². The molecule has 4 aromatic carbocycles. The number of halogens is 1. The van der Waals surface area contributed by atoms with Gasteiger partial charge in [0.2, 0.25) is 5.13 Å². The Hall–Kier alpha value is -4.50. The molecule has 0 saturated heterocycles. The fraction of sp³-hybridized carbons (Fsp3) is 0. The third-order valence-corrected chi connectivity index (χ3v) is 6.13. The number of rotatable bonds is 5. The van der Waals surface area contributed by atoms with Gasteiger partial charge in [0.05, 0.1) is 21.4 Å². The van der Waals surface area contributed by atoms with Crippen molar-refractivity contribution in [2.75, 3.05) is 5.01 Å². The van der Waals surface area contributed by atoms with Crippen LogP contribution in [0.4, 0.5) is 15.2 Å². The number of fused-ring (bicyclic) bond motifs is 2. The molecule has 7 nitrogen and oxygen atoms in total. The number of nitrogens with zero attached hydrogens (tertiary/aromatic N) is 4. The van der Waals surface area contributed by atoms with E-state index in [-0.39, 0.29) is 10.8 Å². The van der Waals surface area contributed by atoms with Crippen molar-refractivity contribution in [3.63, 3.8) is 0 Å². The van der Waals surface area contributed by atoms with Gasteiger partial charge in [-0.2, -0.15) is 10.1 Å². The van der Waals surface area contributed by atoms with E-state index in [1.54, 1.807) is 18.2 Å². The second-order valence-corrected chi connectivity index (χ2v) is 8.39. The van der Waals surface area contributed by atoms with Gasteiger partial charge < -0.3 is 0 Å². The number of thiazole rings is 1. The highest BCUT2D eigenvalue weighted by Gasteiger charge is 2.21. The Morgan fingerprint density at radius 2 is 1.76 bits per heavy atom. The normalized spacial score (nSPS) is 11.3. The number of nitro benzene ring substituents is 1. The number of benzene rings is 4. The molecule has 5 rings (SSSR count). The summed E-state index contributed by atoms with van der Waals surface area (Å²) in [5, 5.41) is 18.6. The first-order valence-corrected chi connectivity index (χ1v) is 11.0. The predicted octanol–water partition coefficient (Wildman–Crippen LogP) is 6.18. The Bertz CT molecular complexity index is 1580. The zero-order valence-electron chi connectivity index (χ0n) is 17.5. The molecule has 1 amide bonds. The van der Waals surface area contributed by atoms with Crippen molar-refractivity contribution in [3.8, 4) is 0 Å². The molecule has 0 unspecified atom stereocenters. The topological polar surface area (TPSA) is 88.7 Å². The lowest BCUT2D eigenvalue weighted by atomic mass is 10.1. The minimum Gasteiger partial charge on any atom is -0.267 e. The molecule has 0 radical (unpaired) electrons. The Morgan fingerprint density at radius 3 is 2.53 bits per heavy atom. The number of amides is 1. The van der Waals surface area contributed by atoms with Crippen LogP contribution in [0.2, 0.25) is 0 Å². The largest absolute Gasteiger partial charge is 0.280 e. The summed E-state index contributed by atoms with van der Waals surface area (Å²) in [4.78, 5) is 28.4. The monoisotopic (exact) mass is 470 g/mol. The average molecular weight is 470 g/mol.